The van der Waals surface area contributed by atoms with Crippen LogP contribution >= 0.6 is 26.6 Å². The van der Waals surface area contributed by atoms with Gasteiger partial charge in [-0.2, -0.15) is 0 Å². The van der Waals surface area contributed by atoms with Gasteiger partial charge in [0.1, 0.15) is 0 Å². The van der Waals surface area contributed by atoms with Gasteiger partial charge in [-0.25, -0.2) is 8.42 Å². The Morgan fingerprint density at radius 3 is 2.35 bits per heavy atom. The van der Waals surface area contributed by atoms with E-state index in [1.54, 1.807) is 4.98 Å². The fraction of sp³-hybridized carbons (Fsp3) is 0.167. The van der Waals surface area contributed by atoms with Crippen molar-refractivity contribution >= 4 is 35.7 Å². The predicted octanol–water partition coefficient (Wildman–Crippen LogP) is 1.96. The minimum absolute atomic E-state index is 0.488. The second-order valence-electron chi connectivity index (χ2n) is 2.63. The number of H-pyrrole nitrogens is 1. The number of pyridine rings is 1. The first-order chi connectivity index (χ1) is 7.50. The maximum atomic E-state index is 12.0. The second-order valence-corrected chi connectivity index (χ2v) is 5.98. The number of nitrogens with one attached hydrogen (secondary N) is 1. The van der Waals surface area contributed by atoms with Crippen LogP contribution in [0.2, 0.25) is 0 Å². The summed E-state index contributed by atoms with van der Waals surface area (Å²) in [6, 6.07) is 0.673. The lowest BCUT2D eigenvalue weighted by Gasteiger charge is -2.12. The van der Waals surface area contributed by atoms with Crippen LogP contribution in [-0.4, -0.2) is 19.8 Å². The van der Waals surface area contributed by atoms with Gasteiger partial charge in [0.2, 0.25) is 5.56 Å². The largest absolute Gasteiger partial charge is 0.573 e. The lowest BCUT2D eigenvalue weighted by molar-refractivity contribution is -0.276. The van der Waals surface area contributed by atoms with Crippen molar-refractivity contribution in [2.45, 2.75) is 11.4 Å². The molecule has 0 fully saturated rings. The summed E-state index contributed by atoms with van der Waals surface area (Å²) in [5.74, 6) is -1.13. The van der Waals surface area contributed by atoms with E-state index in [1.165, 1.54) is 0 Å². The number of aromatic amines is 1. The summed E-state index contributed by atoms with van der Waals surface area (Å²) in [7, 11) is 0.281. The van der Waals surface area contributed by atoms with Crippen molar-refractivity contribution in [1.82, 2.24) is 4.98 Å². The lowest BCUT2D eigenvalue weighted by atomic mass is 10.4. The van der Waals surface area contributed by atoms with Gasteiger partial charge in [-0.1, -0.05) is 0 Å². The first-order valence-electron chi connectivity index (χ1n) is 3.64. The van der Waals surface area contributed by atoms with E-state index >= 15 is 0 Å². The number of hydrogen-bond donors (Lipinski definition) is 1. The molecular weight excluding hydrogens is 354 g/mol. The van der Waals surface area contributed by atoms with E-state index in [0.29, 0.717) is 6.07 Å². The molecule has 0 spiro atoms. The van der Waals surface area contributed by atoms with Gasteiger partial charge >= 0.3 is 6.36 Å². The minimum atomic E-state index is -5.13. The van der Waals surface area contributed by atoms with E-state index < -0.39 is 36.2 Å². The molecule has 1 heterocycles. The third-order valence-corrected chi connectivity index (χ3v) is 3.21. The van der Waals surface area contributed by atoms with Crippen molar-refractivity contribution < 1.29 is 26.3 Å². The third-order valence-electron chi connectivity index (χ3n) is 1.38. The number of hydrogen-bond acceptors (Lipinski definition) is 4. The highest BCUT2D eigenvalue weighted by Gasteiger charge is 2.35. The molecule has 0 aliphatic heterocycles. The van der Waals surface area contributed by atoms with Crippen molar-refractivity contribution in [2.24, 2.45) is 0 Å². The zero-order chi connectivity index (χ0) is 13.4. The van der Waals surface area contributed by atoms with Gasteiger partial charge in [0.05, 0.1) is 4.47 Å². The Bertz CT molecular complexity index is 596. The van der Waals surface area contributed by atoms with Crippen LogP contribution in [0.1, 0.15) is 0 Å². The number of ether oxygens (including phenoxy) is 1. The van der Waals surface area contributed by atoms with E-state index in [4.69, 9.17) is 10.7 Å². The summed E-state index contributed by atoms with van der Waals surface area (Å²) in [5, 5.41) is -1.17. The molecular formula is C6H2BrClF3NO4S. The van der Waals surface area contributed by atoms with E-state index in [0.717, 1.165) is 0 Å². The van der Waals surface area contributed by atoms with Crippen molar-refractivity contribution in [3.63, 3.8) is 0 Å². The van der Waals surface area contributed by atoms with Gasteiger partial charge in [-0.05, 0) is 15.9 Å². The summed E-state index contributed by atoms with van der Waals surface area (Å²) in [4.78, 5) is 12.6. The molecule has 96 valence electrons. The summed E-state index contributed by atoms with van der Waals surface area (Å²) in [6.45, 7) is 0. The Hall–Kier alpha value is -0.740. The summed E-state index contributed by atoms with van der Waals surface area (Å²) in [5.41, 5.74) is -0.953. The van der Waals surface area contributed by atoms with Crippen LogP contribution in [0.4, 0.5) is 13.2 Å². The van der Waals surface area contributed by atoms with Gasteiger partial charge in [-0.15, -0.1) is 13.2 Å². The highest BCUT2D eigenvalue weighted by atomic mass is 79.9. The van der Waals surface area contributed by atoms with Crippen molar-refractivity contribution in [1.29, 1.82) is 0 Å². The van der Waals surface area contributed by atoms with Crippen LogP contribution in [-0.2, 0) is 9.05 Å². The summed E-state index contributed by atoms with van der Waals surface area (Å²) >= 11 is 2.57. The fourth-order valence-electron chi connectivity index (χ4n) is 0.876. The molecule has 0 unspecified atom stereocenters. The normalized spacial score (nSPS) is 12.5. The van der Waals surface area contributed by atoms with Crippen molar-refractivity contribution in [3.05, 3.63) is 20.9 Å². The van der Waals surface area contributed by atoms with Crippen LogP contribution in [0.15, 0.2) is 20.4 Å². The monoisotopic (exact) mass is 355 g/mol. The average Bonchev–Trinajstić information content (AvgIpc) is 2.05. The van der Waals surface area contributed by atoms with Crippen LogP contribution in [0.25, 0.3) is 0 Å². The molecule has 5 nitrogen and oxygen atoms in total. The molecule has 0 amide bonds. The van der Waals surface area contributed by atoms with E-state index in [-0.39, 0.29) is 0 Å². The Morgan fingerprint density at radius 1 is 1.41 bits per heavy atom. The van der Waals surface area contributed by atoms with Crippen LogP contribution < -0.4 is 10.3 Å². The number of rotatable bonds is 2. The molecule has 17 heavy (non-hydrogen) atoms. The number of aromatic nitrogens is 1. The zero-order valence-corrected chi connectivity index (χ0v) is 10.7. The predicted molar refractivity (Wildman–Crippen MR) is 54.5 cm³/mol. The van der Waals surface area contributed by atoms with E-state index in [1.807, 2.05) is 0 Å². The highest BCUT2D eigenvalue weighted by Crippen LogP contribution is 2.35. The Morgan fingerprint density at radius 2 is 1.94 bits per heavy atom. The van der Waals surface area contributed by atoms with Crippen LogP contribution in [0.5, 0.6) is 5.75 Å². The topological polar surface area (TPSA) is 76.2 Å². The molecule has 1 rings (SSSR count). The van der Waals surface area contributed by atoms with Gasteiger partial charge < -0.3 is 9.72 Å². The quantitative estimate of drug-likeness (QED) is 0.822. The minimum Gasteiger partial charge on any atom is -0.401 e. The first kappa shape index (κ1) is 14.3. The maximum absolute atomic E-state index is 12.0. The van der Waals surface area contributed by atoms with Crippen molar-refractivity contribution in [3.8, 4) is 5.75 Å². The molecule has 0 saturated carbocycles. The van der Waals surface area contributed by atoms with Gasteiger partial charge in [-0.3, -0.25) is 4.79 Å². The van der Waals surface area contributed by atoms with Crippen molar-refractivity contribution in [2.75, 3.05) is 0 Å². The molecule has 0 atom stereocenters. The van der Waals surface area contributed by atoms with Gasteiger partial charge in [0.15, 0.2) is 10.8 Å². The number of halogens is 5. The standard InChI is InChI=1S/C6H2BrClF3NO4S/c7-2-1-3(13)12-5(17(8,14)15)4(2)16-6(9,10)11/h1H,(H,12,13). The molecule has 1 N–H and O–H groups in total. The lowest BCUT2D eigenvalue weighted by Crippen LogP contribution is -2.21. The molecule has 0 radical (unpaired) electrons. The van der Waals surface area contributed by atoms with E-state index in [2.05, 4.69) is 20.7 Å². The molecule has 1 aromatic heterocycles. The highest BCUT2D eigenvalue weighted by molar-refractivity contribution is 9.10. The van der Waals surface area contributed by atoms with E-state index in [9.17, 15) is 26.4 Å². The SMILES string of the molecule is O=c1cc(Br)c(OC(F)(F)F)c(S(=O)(=O)Cl)[nH]1. The first-order valence-corrected chi connectivity index (χ1v) is 6.74. The molecule has 0 aliphatic rings. The smallest absolute Gasteiger partial charge is 0.401 e. The average molecular weight is 357 g/mol. The maximum Gasteiger partial charge on any atom is 0.573 e. The summed E-state index contributed by atoms with van der Waals surface area (Å²) < 4.78 is 61.0. The molecule has 0 bridgehead atoms. The number of alkyl halides is 3. The molecule has 0 aromatic carbocycles. The van der Waals surface area contributed by atoms with Crippen LogP contribution in [0.3, 0.4) is 0 Å². The third kappa shape index (κ3) is 3.89. The Kier molecular flexibility index (Phi) is 3.79. The van der Waals surface area contributed by atoms with Gasteiger partial charge in [0.25, 0.3) is 9.05 Å². The Labute approximate surface area is 105 Å². The van der Waals surface area contributed by atoms with Gasteiger partial charge in [0, 0.05) is 16.7 Å². The molecule has 0 saturated heterocycles. The molecule has 0 aliphatic carbocycles. The Balaban J connectivity index is 3.53. The summed E-state index contributed by atoms with van der Waals surface area (Å²) in [6.07, 6.45) is -5.13. The fourth-order valence-corrected chi connectivity index (χ4v) is 2.42. The molecule has 11 heteroatoms. The molecule has 1 aromatic rings. The zero-order valence-electron chi connectivity index (χ0n) is 7.51. The second kappa shape index (κ2) is 4.50. The van der Waals surface area contributed by atoms with Crippen LogP contribution in [0, 0.1) is 0 Å².